The van der Waals surface area contributed by atoms with Crippen molar-refractivity contribution in [3.63, 3.8) is 0 Å². The molecule has 0 aliphatic heterocycles. The second-order valence-electron chi connectivity index (χ2n) is 3.75. The molecule has 5 heteroatoms. The van der Waals surface area contributed by atoms with Gasteiger partial charge in [0.15, 0.2) is 0 Å². The second kappa shape index (κ2) is 4.25. The van der Waals surface area contributed by atoms with Crippen LogP contribution in [0.3, 0.4) is 0 Å². The number of aliphatic carboxylic acids is 1. The Morgan fingerprint density at radius 1 is 1.60 bits per heavy atom. The van der Waals surface area contributed by atoms with Gasteiger partial charge in [-0.15, -0.1) is 0 Å². The van der Waals surface area contributed by atoms with Crippen LogP contribution in [-0.4, -0.2) is 20.9 Å². The molecule has 0 fully saturated rings. The van der Waals surface area contributed by atoms with Crippen molar-refractivity contribution in [3.8, 4) is 0 Å². The first kappa shape index (κ1) is 11.4. The van der Waals surface area contributed by atoms with Gasteiger partial charge in [-0.1, -0.05) is 13.8 Å². The van der Waals surface area contributed by atoms with Crippen LogP contribution in [0.4, 0.5) is 0 Å². The van der Waals surface area contributed by atoms with Crippen molar-refractivity contribution in [2.75, 3.05) is 0 Å². The lowest BCUT2D eigenvalue weighted by Crippen LogP contribution is -2.26. The Morgan fingerprint density at radius 2 is 2.20 bits per heavy atom. The number of aryl methyl sites for hydroxylation is 1. The van der Waals surface area contributed by atoms with E-state index in [4.69, 9.17) is 5.11 Å². The third-order valence-corrected chi connectivity index (χ3v) is 2.09. The molecule has 0 bridgehead atoms. The summed E-state index contributed by atoms with van der Waals surface area (Å²) < 4.78 is 1.19. The molecule has 1 heterocycles. The van der Waals surface area contributed by atoms with Crippen molar-refractivity contribution < 1.29 is 9.90 Å². The number of carbonyl (C=O) groups is 1. The van der Waals surface area contributed by atoms with E-state index in [1.165, 1.54) is 11.7 Å². The first-order chi connectivity index (χ1) is 6.91. The molecule has 82 valence electrons. The van der Waals surface area contributed by atoms with Crippen LogP contribution in [0.15, 0.2) is 10.9 Å². The van der Waals surface area contributed by atoms with E-state index in [0.29, 0.717) is 0 Å². The van der Waals surface area contributed by atoms with Gasteiger partial charge in [0.25, 0.3) is 5.56 Å². The molecule has 5 nitrogen and oxygen atoms in total. The van der Waals surface area contributed by atoms with Crippen LogP contribution in [0.1, 0.15) is 31.0 Å². The molecule has 0 radical (unpaired) electrons. The average Bonchev–Trinajstić information content (AvgIpc) is 2.11. The summed E-state index contributed by atoms with van der Waals surface area (Å²) in [4.78, 5) is 22.1. The third kappa shape index (κ3) is 2.65. The van der Waals surface area contributed by atoms with Crippen molar-refractivity contribution in [1.29, 1.82) is 0 Å². The minimum Gasteiger partial charge on any atom is -0.481 e. The van der Waals surface area contributed by atoms with Crippen molar-refractivity contribution in [3.05, 3.63) is 27.7 Å². The van der Waals surface area contributed by atoms with Crippen LogP contribution in [0.5, 0.6) is 0 Å². The summed E-state index contributed by atoms with van der Waals surface area (Å²) in [5, 5.41) is 12.7. The van der Waals surface area contributed by atoms with E-state index in [-0.39, 0.29) is 23.5 Å². The Morgan fingerprint density at radius 3 is 2.67 bits per heavy atom. The van der Waals surface area contributed by atoms with Gasteiger partial charge in [0.1, 0.15) is 0 Å². The topological polar surface area (TPSA) is 72.2 Å². The van der Waals surface area contributed by atoms with E-state index in [1.54, 1.807) is 6.07 Å². The monoisotopic (exact) mass is 210 g/mol. The molecule has 0 saturated heterocycles. The molecular weight excluding hydrogens is 196 g/mol. The molecule has 0 spiro atoms. The molecule has 0 saturated carbocycles. The van der Waals surface area contributed by atoms with Gasteiger partial charge in [-0.25, -0.2) is 4.68 Å². The highest BCUT2D eigenvalue weighted by molar-refractivity contribution is 5.70. The predicted octanol–water partition coefficient (Wildman–Crippen LogP) is 0.531. The second-order valence-corrected chi connectivity index (χ2v) is 3.75. The molecule has 0 unspecified atom stereocenters. The van der Waals surface area contributed by atoms with E-state index in [2.05, 4.69) is 5.10 Å². The third-order valence-electron chi connectivity index (χ3n) is 2.09. The number of rotatable bonds is 3. The van der Waals surface area contributed by atoms with Gasteiger partial charge in [-0.2, -0.15) is 5.10 Å². The van der Waals surface area contributed by atoms with Gasteiger partial charge in [-0.05, 0) is 12.0 Å². The summed E-state index contributed by atoms with van der Waals surface area (Å²) in [7, 11) is 1.53. The highest BCUT2D eigenvalue weighted by Gasteiger charge is 2.11. The van der Waals surface area contributed by atoms with Crippen LogP contribution in [-0.2, 0) is 18.3 Å². The van der Waals surface area contributed by atoms with Crippen molar-refractivity contribution in [1.82, 2.24) is 9.78 Å². The van der Waals surface area contributed by atoms with Gasteiger partial charge in [0.2, 0.25) is 0 Å². The number of hydrogen-bond acceptors (Lipinski definition) is 3. The Kier molecular flexibility index (Phi) is 3.24. The van der Waals surface area contributed by atoms with E-state index >= 15 is 0 Å². The largest absolute Gasteiger partial charge is 0.481 e. The molecule has 0 amide bonds. The zero-order valence-electron chi connectivity index (χ0n) is 9.02. The van der Waals surface area contributed by atoms with Crippen LogP contribution >= 0.6 is 0 Å². The minimum absolute atomic E-state index is 0.171. The van der Waals surface area contributed by atoms with Gasteiger partial charge in [-0.3, -0.25) is 9.59 Å². The Bertz CT molecular complexity index is 435. The van der Waals surface area contributed by atoms with Crippen LogP contribution in [0.25, 0.3) is 0 Å². The molecule has 0 atom stereocenters. The van der Waals surface area contributed by atoms with Gasteiger partial charge >= 0.3 is 5.97 Å². The quantitative estimate of drug-likeness (QED) is 0.789. The van der Waals surface area contributed by atoms with Crippen molar-refractivity contribution in [2.24, 2.45) is 7.05 Å². The normalized spacial score (nSPS) is 10.7. The summed E-state index contributed by atoms with van der Waals surface area (Å²) in [6, 6.07) is 1.57. The van der Waals surface area contributed by atoms with Crippen molar-refractivity contribution in [2.45, 2.75) is 26.2 Å². The van der Waals surface area contributed by atoms with Gasteiger partial charge in [0.05, 0.1) is 12.1 Å². The molecule has 1 aromatic rings. The molecule has 1 aromatic heterocycles. The lowest BCUT2D eigenvalue weighted by Gasteiger charge is -2.08. The number of aromatic nitrogens is 2. The fraction of sp³-hybridized carbons (Fsp3) is 0.500. The zero-order valence-corrected chi connectivity index (χ0v) is 9.02. The van der Waals surface area contributed by atoms with Crippen LogP contribution in [0.2, 0.25) is 0 Å². The fourth-order valence-electron chi connectivity index (χ4n) is 1.27. The number of hydrogen-bond donors (Lipinski definition) is 1. The summed E-state index contributed by atoms with van der Waals surface area (Å²) in [5.41, 5.74) is 0.666. The molecule has 15 heavy (non-hydrogen) atoms. The Labute approximate surface area is 87.4 Å². The smallest absolute Gasteiger partial charge is 0.308 e. The summed E-state index contributed by atoms with van der Waals surface area (Å²) in [6.45, 7) is 3.88. The average molecular weight is 210 g/mol. The molecular formula is C10H14N2O3. The van der Waals surface area contributed by atoms with Crippen molar-refractivity contribution >= 4 is 5.97 Å². The molecule has 0 aromatic carbocycles. The molecule has 0 aliphatic rings. The maximum absolute atomic E-state index is 11.5. The first-order valence-electron chi connectivity index (χ1n) is 4.70. The Hall–Kier alpha value is -1.65. The molecule has 1 N–H and O–H groups in total. The summed E-state index contributed by atoms with van der Waals surface area (Å²) in [5.74, 6) is -0.836. The van der Waals surface area contributed by atoms with Gasteiger partial charge < -0.3 is 5.11 Å². The zero-order chi connectivity index (χ0) is 11.6. The van der Waals surface area contributed by atoms with Crippen LogP contribution < -0.4 is 5.56 Å². The number of carboxylic acid groups (broad SMARTS) is 1. The molecule has 0 aliphatic carbocycles. The number of nitrogens with zero attached hydrogens (tertiary/aromatic N) is 2. The van der Waals surface area contributed by atoms with Crippen LogP contribution in [0, 0.1) is 0 Å². The fourth-order valence-corrected chi connectivity index (χ4v) is 1.27. The minimum atomic E-state index is -1.01. The highest BCUT2D eigenvalue weighted by Crippen LogP contribution is 2.10. The highest BCUT2D eigenvalue weighted by atomic mass is 16.4. The SMILES string of the molecule is CC(C)c1cc(CC(=O)O)c(=O)n(C)n1. The van der Waals surface area contributed by atoms with E-state index in [9.17, 15) is 9.59 Å². The number of carboxylic acids is 1. The maximum atomic E-state index is 11.5. The standard InChI is InChI=1S/C10H14N2O3/c1-6(2)8-4-7(5-9(13)14)10(15)12(3)11-8/h4,6H,5H2,1-3H3,(H,13,14). The van der Waals surface area contributed by atoms with E-state index < -0.39 is 5.97 Å². The van der Waals surface area contributed by atoms with E-state index in [0.717, 1.165) is 5.69 Å². The Balaban J connectivity index is 3.25. The summed E-state index contributed by atoms with van der Waals surface area (Å²) >= 11 is 0. The predicted molar refractivity (Wildman–Crippen MR) is 54.9 cm³/mol. The maximum Gasteiger partial charge on any atom is 0.308 e. The lowest BCUT2D eigenvalue weighted by molar-refractivity contribution is -0.136. The lowest BCUT2D eigenvalue weighted by atomic mass is 10.1. The summed E-state index contributed by atoms with van der Waals surface area (Å²) in [6.07, 6.45) is -0.255. The van der Waals surface area contributed by atoms with E-state index in [1.807, 2.05) is 13.8 Å². The van der Waals surface area contributed by atoms with Gasteiger partial charge in [0, 0.05) is 12.6 Å². The first-order valence-corrected chi connectivity index (χ1v) is 4.70. The molecule has 1 rings (SSSR count).